The van der Waals surface area contributed by atoms with Crippen molar-refractivity contribution in [1.29, 1.82) is 0 Å². The lowest BCUT2D eigenvalue weighted by atomic mass is 9.65. The number of fused-ring (bicyclic) bond motifs is 1. The highest BCUT2D eigenvalue weighted by Gasteiger charge is 2.34. The van der Waals surface area contributed by atoms with E-state index in [0.29, 0.717) is 11.4 Å². The number of rotatable bonds is 9. The summed E-state index contributed by atoms with van der Waals surface area (Å²) in [7, 11) is 0. The van der Waals surface area contributed by atoms with Crippen LogP contribution in [0, 0.1) is 5.41 Å². The molecule has 4 nitrogen and oxygen atoms in total. The summed E-state index contributed by atoms with van der Waals surface area (Å²) in [4.78, 5) is 10.8. The van der Waals surface area contributed by atoms with Crippen LogP contribution in [-0.4, -0.2) is 19.6 Å². The molecule has 0 spiro atoms. The van der Waals surface area contributed by atoms with Crippen molar-refractivity contribution in [2.24, 2.45) is 5.41 Å². The molecule has 4 heteroatoms. The average Bonchev–Trinajstić information content (AvgIpc) is 3.78. The zero-order valence-electron chi connectivity index (χ0n) is 44.3. The van der Waals surface area contributed by atoms with E-state index in [2.05, 4.69) is 251 Å². The number of hydrogen-bond acceptors (Lipinski definition) is 3. The Morgan fingerprint density at radius 3 is 1.56 bits per heavy atom. The SMILES string of the molecule is CC(C)(C)c1cc(-c2cc(-c3ccc(C(C)(C)C(C)(C)C)cc3)ccn2)cc(-c2cccc3c2nc(-c2cc(-c4ccccc4)cc(-c4ccccc4)c2O)n3-c2ccc(C(C)(C)C)cc2-c2ccccc2)c1. The second-order valence-electron chi connectivity index (χ2n) is 23.4. The van der Waals surface area contributed by atoms with Crippen LogP contribution in [0.4, 0.5) is 0 Å². The van der Waals surface area contributed by atoms with Gasteiger partial charge < -0.3 is 5.11 Å². The van der Waals surface area contributed by atoms with Crippen molar-refractivity contribution < 1.29 is 5.11 Å². The van der Waals surface area contributed by atoms with Gasteiger partial charge in [-0.3, -0.25) is 9.55 Å². The van der Waals surface area contributed by atoms with E-state index >= 15 is 0 Å². The molecule has 10 aromatic rings. The normalized spacial score (nSPS) is 12.4. The summed E-state index contributed by atoms with van der Waals surface area (Å²) in [5.41, 5.74) is 19.1. The first-order valence-corrected chi connectivity index (χ1v) is 25.7. The van der Waals surface area contributed by atoms with E-state index in [1.165, 1.54) is 16.7 Å². The van der Waals surface area contributed by atoms with Gasteiger partial charge in [-0.05, 0) is 132 Å². The average molecular weight is 954 g/mol. The van der Waals surface area contributed by atoms with Crippen LogP contribution in [0.25, 0.3) is 95.0 Å². The molecule has 0 saturated heterocycles. The van der Waals surface area contributed by atoms with Crippen molar-refractivity contribution in [3.8, 4) is 89.7 Å². The van der Waals surface area contributed by atoms with Crippen molar-refractivity contribution in [3.63, 3.8) is 0 Å². The molecule has 0 radical (unpaired) electrons. The minimum atomic E-state index is -0.173. The van der Waals surface area contributed by atoms with Crippen molar-refractivity contribution >= 4 is 11.0 Å². The third kappa shape index (κ3) is 9.43. The van der Waals surface area contributed by atoms with Crippen LogP contribution in [-0.2, 0) is 16.2 Å². The van der Waals surface area contributed by atoms with Crippen LogP contribution in [0.15, 0.2) is 200 Å². The Balaban J connectivity index is 1.23. The summed E-state index contributed by atoms with van der Waals surface area (Å²) >= 11 is 0. The molecule has 1 N–H and O–H groups in total. The van der Waals surface area contributed by atoms with Crippen LogP contribution >= 0.6 is 0 Å². The van der Waals surface area contributed by atoms with Gasteiger partial charge in [-0.2, -0.15) is 0 Å². The summed E-state index contributed by atoms with van der Waals surface area (Å²) < 4.78 is 2.28. The molecule has 0 atom stereocenters. The zero-order valence-corrected chi connectivity index (χ0v) is 44.3. The van der Waals surface area contributed by atoms with Gasteiger partial charge in [-0.15, -0.1) is 0 Å². The minimum Gasteiger partial charge on any atom is -0.507 e. The van der Waals surface area contributed by atoms with E-state index < -0.39 is 0 Å². The number of phenols is 1. The van der Waals surface area contributed by atoms with E-state index in [1.54, 1.807) is 0 Å². The lowest BCUT2D eigenvalue weighted by molar-refractivity contribution is 0.225. The molecule has 364 valence electrons. The summed E-state index contributed by atoms with van der Waals surface area (Å²) in [5, 5.41) is 12.8. The van der Waals surface area contributed by atoms with Crippen molar-refractivity contribution in [2.45, 2.75) is 92.4 Å². The largest absolute Gasteiger partial charge is 0.507 e. The fourth-order valence-electron chi connectivity index (χ4n) is 9.89. The Labute approximate surface area is 433 Å². The number of aromatic nitrogens is 3. The van der Waals surface area contributed by atoms with Crippen molar-refractivity contribution in [3.05, 3.63) is 217 Å². The van der Waals surface area contributed by atoms with Crippen molar-refractivity contribution in [2.75, 3.05) is 0 Å². The van der Waals surface area contributed by atoms with Gasteiger partial charge in [0.1, 0.15) is 11.6 Å². The van der Waals surface area contributed by atoms with E-state index in [9.17, 15) is 5.11 Å². The van der Waals surface area contributed by atoms with Crippen LogP contribution in [0.2, 0.25) is 0 Å². The zero-order chi connectivity index (χ0) is 51.5. The van der Waals surface area contributed by atoms with Gasteiger partial charge in [0.2, 0.25) is 0 Å². The first-order chi connectivity index (χ1) is 34.8. The molecule has 0 bridgehead atoms. The van der Waals surface area contributed by atoms with Gasteiger partial charge in [0, 0.05) is 28.5 Å². The number of phenolic OH excluding ortho intramolecular Hbond substituents is 1. The monoisotopic (exact) mass is 954 g/mol. The number of pyridine rings is 1. The maximum absolute atomic E-state index is 12.8. The molecule has 0 saturated carbocycles. The minimum absolute atomic E-state index is 0.0109. The standard InChI is InChI=1S/C69H67N3O/c1-66(2,3)54-34-35-61(57(44-54)47-24-17-13-18-25-47)72-62-29-21-28-56(63(62)71-65(72)59-42-50(45-22-15-12-16-23-45)41-58(64(59)73)48-26-19-14-20-27-48)51-38-52(40-55(39-51)67(4,5)6)60-43-49(36-37-70-60)46-30-32-53(33-31-46)69(10,11)68(7,8)9/h12-44,73H,1-11H3. The molecular formula is C69H67N3O. The van der Waals surface area contributed by atoms with Gasteiger partial charge >= 0.3 is 0 Å². The molecule has 73 heavy (non-hydrogen) atoms. The predicted octanol–water partition coefficient (Wildman–Crippen LogP) is 18.7. The Bertz CT molecular complexity index is 3620. The lowest BCUT2D eigenvalue weighted by Crippen LogP contribution is -2.33. The summed E-state index contributed by atoms with van der Waals surface area (Å²) in [6.07, 6.45) is 1.94. The number of hydrogen-bond donors (Lipinski definition) is 1. The van der Waals surface area contributed by atoms with E-state index in [-0.39, 0.29) is 27.4 Å². The molecule has 0 amide bonds. The Kier molecular flexibility index (Phi) is 12.5. The van der Waals surface area contributed by atoms with Crippen LogP contribution in [0.1, 0.15) is 92.9 Å². The molecular weight excluding hydrogens is 887 g/mol. The highest BCUT2D eigenvalue weighted by Crippen LogP contribution is 2.47. The molecule has 0 aliphatic heterocycles. The number of nitrogens with zero attached hydrogens (tertiary/aromatic N) is 3. The lowest BCUT2D eigenvalue weighted by Gasteiger charge is -2.39. The van der Waals surface area contributed by atoms with E-state index in [1.807, 2.05) is 30.5 Å². The Hall–Kier alpha value is -7.82. The van der Waals surface area contributed by atoms with Gasteiger partial charge in [0.25, 0.3) is 0 Å². The molecule has 10 rings (SSSR count). The Morgan fingerprint density at radius 1 is 0.384 bits per heavy atom. The second-order valence-corrected chi connectivity index (χ2v) is 23.4. The van der Waals surface area contributed by atoms with Gasteiger partial charge in [0.15, 0.2) is 0 Å². The van der Waals surface area contributed by atoms with Crippen LogP contribution in [0.5, 0.6) is 5.75 Å². The first-order valence-electron chi connectivity index (χ1n) is 25.7. The molecule has 0 aliphatic carbocycles. The van der Waals surface area contributed by atoms with E-state index in [4.69, 9.17) is 9.97 Å². The van der Waals surface area contributed by atoms with Gasteiger partial charge in [0.05, 0.1) is 28.0 Å². The van der Waals surface area contributed by atoms with Gasteiger partial charge in [-0.25, -0.2) is 4.98 Å². The molecule has 0 unspecified atom stereocenters. The number of para-hydroxylation sites is 1. The predicted molar refractivity (Wildman–Crippen MR) is 308 cm³/mol. The molecule has 0 aliphatic rings. The number of imidazole rings is 1. The fraction of sp³-hybridized carbons (Fsp3) is 0.217. The quantitative estimate of drug-likeness (QED) is 0.157. The van der Waals surface area contributed by atoms with Crippen LogP contribution < -0.4 is 0 Å². The van der Waals surface area contributed by atoms with E-state index in [0.717, 1.165) is 83.6 Å². The van der Waals surface area contributed by atoms with Crippen molar-refractivity contribution in [1.82, 2.24) is 14.5 Å². The summed E-state index contributed by atoms with van der Waals surface area (Å²) in [6, 6.07) is 69.1. The molecule has 2 heterocycles. The molecule has 8 aromatic carbocycles. The number of aromatic hydroxyl groups is 1. The molecule has 0 fully saturated rings. The van der Waals surface area contributed by atoms with Crippen LogP contribution in [0.3, 0.4) is 0 Å². The maximum Gasteiger partial charge on any atom is 0.149 e. The Morgan fingerprint density at radius 2 is 0.945 bits per heavy atom. The topological polar surface area (TPSA) is 50.9 Å². The summed E-state index contributed by atoms with van der Waals surface area (Å²) in [5.74, 6) is 0.821. The maximum atomic E-state index is 12.8. The molecule has 2 aromatic heterocycles. The highest BCUT2D eigenvalue weighted by molar-refractivity contribution is 5.99. The highest BCUT2D eigenvalue weighted by atomic mass is 16.3. The second kappa shape index (κ2) is 18.7. The fourth-order valence-corrected chi connectivity index (χ4v) is 9.89. The first kappa shape index (κ1) is 48.8. The number of benzene rings is 8. The smallest absolute Gasteiger partial charge is 0.149 e. The third-order valence-corrected chi connectivity index (χ3v) is 15.4. The summed E-state index contributed by atoms with van der Waals surface area (Å²) in [6.45, 7) is 25.2. The third-order valence-electron chi connectivity index (χ3n) is 15.4. The van der Waals surface area contributed by atoms with Gasteiger partial charge in [-0.1, -0.05) is 216 Å².